The largest absolute Gasteiger partial charge is 0.350 e. The van der Waals surface area contributed by atoms with Crippen LogP contribution in [0, 0.1) is 0 Å². The molecule has 1 rings (SSSR count). The lowest BCUT2D eigenvalue weighted by Gasteiger charge is -2.05. The number of nitrogens with two attached hydrogens (primary N) is 1. The van der Waals surface area contributed by atoms with E-state index in [1.807, 2.05) is 0 Å². The molecule has 0 unspecified atom stereocenters. The van der Waals surface area contributed by atoms with Crippen LogP contribution in [-0.4, -0.2) is 23.0 Å². The second-order valence-electron chi connectivity index (χ2n) is 2.15. The molecule has 1 heterocycles. The van der Waals surface area contributed by atoms with E-state index in [9.17, 15) is 0 Å². The Morgan fingerprint density at radius 2 is 2.67 bits per heavy atom. The zero-order chi connectivity index (χ0) is 8.81. The number of nitrogens with zero attached hydrogens (tertiary/aromatic N) is 2. The maximum absolute atomic E-state index is 5.15. The smallest absolute Gasteiger partial charge is 0.205 e. The Bertz CT molecular complexity index is 239. The van der Waals surface area contributed by atoms with Crippen molar-refractivity contribution in [3.8, 4) is 0 Å². The van der Waals surface area contributed by atoms with E-state index in [0.717, 1.165) is 5.69 Å². The Labute approximate surface area is 70.3 Å². The standard InChI is InChI=1S/C6H12N6/c1-8-6(12-7)10-3-5-2-9-4-11-5/h2,4H,3,7H2,1H3,(H,9,11)(H2,8,10,12). The molecule has 0 bridgehead atoms. The maximum Gasteiger partial charge on any atom is 0.205 e. The van der Waals surface area contributed by atoms with E-state index < -0.39 is 0 Å². The molecule has 66 valence electrons. The van der Waals surface area contributed by atoms with Crippen LogP contribution in [0.2, 0.25) is 0 Å². The highest BCUT2D eigenvalue weighted by Crippen LogP contribution is 1.87. The quantitative estimate of drug-likeness (QED) is 0.196. The van der Waals surface area contributed by atoms with Gasteiger partial charge < -0.3 is 10.3 Å². The Balaban J connectivity index is 2.35. The Kier molecular flexibility index (Phi) is 3.09. The van der Waals surface area contributed by atoms with Gasteiger partial charge in [0.2, 0.25) is 5.96 Å². The van der Waals surface area contributed by atoms with E-state index in [-0.39, 0.29) is 0 Å². The monoisotopic (exact) mass is 168 g/mol. The first kappa shape index (κ1) is 8.54. The number of aromatic amines is 1. The fourth-order valence-corrected chi connectivity index (χ4v) is 0.755. The topological polar surface area (TPSA) is 91.1 Å². The molecule has 5 N–H and O–H groups in total. The van der Waals surface area contributed by atoms with E-state index in [1.165, 1.54) is 0 Å². The van der Waals surface area contributed by atoms with Crippen LogP contribution in [0.1, 0.15) is 5.69 Å². The number of hydrogen-bond donors (Lipinski definition) is 4. The summed E-state index contributed by atoms with van der Waals surface area (Å²) in [5.41, 5.74) is 3.40. The van der Waals surface area contributed by atoms with Gasteiger partial charge in [-0.2, -0.15) is 0 Å². The summed E-state index contributed by atoms with van der Waals surface area (Å²) in [6.45, 7) is 0.622. The third-order valence-corrected chi connectivity index (χ3v) is 1.36. The minimum Gasteiger partial charge on any atom is -0.350 e. The SMILES string of the molecule is CN=C(NN)NCc1cnc[nH]1. The van der Waals surface area contributed by atoms with E-state index in [4.69, 9.17) is 5.84 Å². The van der Waals surface area contributed by atoms with Gasteiger partial charge in [0.1, 0.15) is 0 Å². The van der Waals surface area contributed by atoms with Gasteiger partial charge in [-0.3, -0.25) is 10.4 Å². The Morgan fingerprint density at radius 3 is 3.17 bits per heavy atom. The molecule has 0 saturated heterocycles. The van der Waals surface area contributed by atoms with Crippen molar-refractivity contribution in [2.24, 2.45) is 10.8 Å². The number of hydrogen-bond acceptors (Lipinski definition) is 3. The average molecular weight is 168 g/mol. The molecule has 0 saturated carbocycles. The van der Waals surface area contributed by atoms with Gasteiger partial charge in [0.05, 0.1) is 18.6 Å². The van der Waals surface area contributed by atoms with Gasteiger partial charge in [0.15, 0.2) is 0 Å². The number of aromatic nitrogens is 2. The fourth-order valence-electron chi connectivity index (χ4n) is 0.755. The van der Waals surface area contributed by atoms with E-state index in [2.05, 4.69) is 25.7 Å². The summed E-state index contributed by atoms with van der Waals surface area (Å²) in [7, 11) is 1.65. The van der Waals surface area contributed by atoms with Crippen LogP contribution in [0.4, 0.5) is 0 Å². The molecular formula is C6H12N6. The van der Waals surface area contributed by atoms with Gasteiger partial charge in [0, 0.05) is 13.2 Å². The predicted molar refractivity (Wildman–Crippen MR) is 46.1 cm³/mol. The maximum atomic E-state index is 5.15. The van der Waals surface area contributed by atoms with Crippen molar-refractivity contribution in [2.45, 2.75) is 6.54 Å². The van der Waals surface area contributed by atoms with Crippen molar-refractivity contribution >= 4 is 5.96 Å². The van der Waals surface area contributed by atoms with Crippen LogP contribution < -0.4 is 16.6 Å². The molecule has 0 atom stereocenters. The molecule has 0 radical (unpaired) electrons. The number of imidazole rings is 1. The third kappa shape index (κ3) is 2.24. The van der Waals surface area contributed by atoms with Gasteiger partial charge in [-0.15, -0.1) is 0 Å². The highest BCUT2D eigenvalue weighted by atomic mass is 15.3. The lowest BCUT2D eigenvalue weighted by atomic mass is 10.5. The summed E-state index contributed by atoms with van der Waals surface area (Å²) in [6.07, 6.45) is 3.35. The summed E-state index contributed by atoms with van der Waals surface area (Å²) in [5, 5.41) is 2.96. The highest BCUT2D eigenvalue weighted by molar-refractivity contribution is 5.78. The number of aliphatic imine (C=N–C) groups is 1. The van der Waals surface area contributed by atoms with Crippen molar-refractivity contribution in [1.29, 1.82) is 0 Å². The van der Waals surface area contributed by atoms with Crippen LogP contribution in [0.5, 0.6) is 0 Å². The van der Waals surface area contributed by atoms with E-state index in [1.54, 1.807) is 19.6 Å². The zero-order valence-electron chi connectivity index (χ0n) is 6.83. The molecule has 1 aromatic heterocycles. The van der Waals surface area contributed by atoms with Crippen LogP contribution in [0.15, 0.2) is 17.5 Å². The molecule has 6 heteroatoms. The first-order valence-electron chi connectivity index (χ1n) is 3.51. The summed E-state index contributed by atoms with van der Waals surface area (Å²) >= 11 is 0. The number of H-pyrrole nitrogens is 1. The van der Waals surface area contributed by atoms with Crippen molar-refractivity contribution in [1.82, 2.24) is 20.7 Å². The normalized spacial score (nSPS) is 11.3. The van der Waals surface area contributed by atoms with Crippen LogP contribution in [0.3, 0.4) is 0 Å². The molecule has 0 aliphatic rings. The van der Waals surface area contributed by atoms with Crippen molar-refractivity contribution in [2.75, 3.05) is 7.05 Å². The molecular weight excluding hydrogens is 156 g/mol. The van der Waals surface area contributed by atoms with E-state index >= 15 is 0 Å². The Hall–Kier alpha value is -1.56. The lowest BCUT2D eigenvalue weighted by Crippen LogP contribution is -2.41. The van der Waals surface area contributed by atoms with E-state index in [0.29, 0.717) is 12.5 Å². The Morgan fingerprint density at radius 1 is 1.83 bits per heavy atom. The molecule has 0 aromatic carbocycles. The van der Waals surface area contributed by atoms with Crippen LogP contribution >= 0.6 is 0 Å². The molecule has 0 aliphatic heterocycles. The van der Waals surface area contributed by atoms with Crippen molar-refractivity contribution < 1.29 is 0 Å². The molecule has 0 amide bonds. The zero-order valence-corrected chi connectivity index (χ0v) is 6.83. The molecule has 0 spiro atoms. The molecule has 1 aromatic rings. The van der Waals surface area contributed by atoms with Gasteiger partial charge in [0.25, 0.3) is 0 Å². The first-order valence-corrected chi connectivity index (χ1v) is 3.51. The predicted octanol–water partition coefficient (Wildman–Crippen LogP) is -1.05. The van der Waals surface area contributed by atoms with Crippen LogP contribution in [0.25, 0.3) is 0 Å². The molecule has 12 heavy (non-hydrogen) atoms. The minimum atomic E-state index is 0.546. The summed E-state index contributed by atoms with van der Waals surface area (Å²) in [5.74, 6) is 5.70. The molecule has 0 fully saturated rings. The average Bonchev–Trinajstić information content (AvgIpc) is 2.59. The summed E-state index contributed by atoms with van der Waals surface area (Å²) in [6, 6.07) is 0. The second kappa shape index (κ2) is 4.35. The fraction of sp³-hybridized carbons (Fsp3) is 0.333. The summed E-state index contributed by atoms with van der Waals surface area (Å²) < 4.78 is 0. The van der Waals surface area contributed by atoms with Gasteiger partial charge >= 0.3 is 0 Å². The lowest BCUT2D eigenvalue weighted by molar-refractivity contribution is 0.823. The van der Waals surface area contributed by atoms with Crippen molar-refractivity contribution in [3.63, 3.8) is 0 Å². The second-order valence-corrected chi connectivity index (χ2v) is 2.15. The van der Waals surface area contributed by atoms with Gasteiger partial charge in [-0.25, -0.2) is 10.8 Å². The first-order chi connectivity index (χ1) is 5.86. The third-order valence-electron chi connectivity index (χ3n) is 1.36. The number of guanidine groups is 1. The number of nitrogens with one attached hydrogen (secondary N) is 3. The number of rotatable bonds is 2. The van der Waals surface area contributed by atoms with Crippen LogP contribution in [-0.2, 0) is 6.54 Å². The van der Waals surface area contributed by atoms with Gasteiger partial charge in [-0.05, 0) is 0 Å². The highest BCUT2D eigenvalue weighted by Gasteiger charge is 1.94. The number of hydrazine groups is 1. The molecule has 6 nitrogen and oxygen atoms in total. The van der Waals surface area contributed by atoms with Gasteiger partial charge in [-0.1, -0.05) is 0 Å². The minimum absolute atomic E-state index is 0.546. The summed E-state index contributed by atoms with van der Waals surface area (Å²) in [4.78, 5) is 10.6. The van der Waals surface area contributed by atoms with Crippen molar-refractivity contribution in [3.05, 3.63) is 18.2 Å². The molecule has 0 aliphatic carbocycles.